The van der Waals surface area contributed by atoms with E-state index >= 15 is 0 Å². The Balaban J connectivity index is 0.000000205. The molecule has 7 rings (SSSR count). The number of para-hydroxylation sites is 1. The minimum atomic E-state index is -2.20. The molecule has 0 saturated heterocycles. The zero-order valence-corrected chi connectivity index (χ0v) is 30.6. The van der Waals surface area contributed by atoms with E-state index in [0.717, 1.165) is 49.4 Å². The molecule has 0 N–H and O–H groups in total. The van der Waals surface area contributed by atoms with Gasteiger partial charge in [-0.25, -0.2) is 0 Å². The topological polar surface area (TPSA) is 38.9 Å². The average molecular weight is 814 g/mol. The number of hydrogen-bond acceptors (Lipinski definition) is 3. The minimum Gasteiger partial charge on any atom is -0.501 e. The van der Waals surface area contributed by atoms with E-state index < -0.39 is 21.3 Å². The number of pyridine rings is 2. The van der Waals surface area contributed by atoms with Gasteiger partial charge in [-0.3, -0.25) is 0 Å². The van der Waals surface area contributed by atoms with Crippen LogP contribution in [0.25, 0.3) is 55.6 Å². The predicted molar refractivity (Wildman–Crippen MR) is 196 cm³/mol. The molecule has 0 aliphatic carbocycles. The number of aryl methyl sites for hydroxylation is 1. The molecule has 5 heteroatoms. The van der Waals surface area contributed by atoms with Gasteiger partial charge in [0, 0.05) is 44.7 Å². The summed E-state index contributed by atoms with van der Waals surface area (Å²) in [5, 5.41) is 3.16. The van der Waals surface area contributed by atoms with Crippen LogP contribution in [0.15, 0.2) is 120 Å². The van der Waals surface area contributed by atoms with E-state index in [4.69, 9.17) is 16.3 Å². The van der Waals surface area contributed by atoms with Crippen molar-refractivity contribution in [3.05, 3.63) is 139 Å². The molecule has 0 aliphatic heterocycles. The van der Waals surface area contributed by atoms with Crippen LogP contribution < -0.4 is 5.19 Å². The zero-order valence-electron chi connectivity index (χ0n) is 32.2. The number of hydrogen-bond donors (Lipinski definition) is 0. The van der Waals surface area contributed by atoms with Crippen molar-refractivity contribution < 1.29 is 31.4 Å². The number of nitrogens with zero attached hydrogens (tertiary/aromatic N) is 2. The maximum atomic E-state index is 8.78. The summed E-state index contributed by atoms with van der Waals surface area (Å²) in [5.41, 5.74) is 7.19. The summed E-state index contributed by atoms with van der Waals surface area (Å²) in [5.74, 6) is -0.140. The van der Waals surface area contributed by atoms with Crippen molar-refractivity contribution in [2.75, 3.05) is 0 Å². The van der Waals surface area contributed by atoms with Crippen LogP contribution in [0, 0.1) is 24.9 Å². The number of aromatic nitrogens is 2. The largest absolute Gasteiger partial charge is 0.501 e. The van der Waals surface area contributed by atoms with Gasteiger partial charge in [0.05, 0.1) is 13.7 Å². The van der Waals surface area contributed by atoms with Crippen molar-refractivity contribution in [1.29, 1.82) is 0 Å². The van der Waals surface area contributed by atoms with Gasteiger partial charge in [-0.2, -0.15) is 0 Å². The smallest absolute Gasteiger partial charge is 0.120 e. The van der Waals surface area contributed by atoms with Gasteiger partial charge < -0.3 is 14.4 Å². The van der Waals surface area contributed by atoms with Gasteiger partial charge in [0.2, 0.25) is 0 Å². The molecule has 0 saturated carbocycles. The van der Waals surface area contributed by atoms with Gasteiger partial charge in [-0.1, -0.05) is 111 Å². The van der Waals surface area contributed by atoms with Crippen LogP contribution in [0.3, 0.4) is 0 Å². The fraction of sp³-hybridized carbons (Fsp3) is 0.190. The molecule has 0 aliphatic rings. The zero-order chi connectivity index (χ0) is 36.6. The molecule has 0 fully saturated rings. The molecule has 7 aromatic rings. The molecule has 0 unspecified atom stereocenters. The summed E-state index contributed by atoms with van der Waals surface area (Å²) < 4.78 is 46.9. The number of fused-ring (bicyclic) bond motifs is 3. The first-order valence-electron chi connectivity index (χ1n) is 18.0. The van der Waals surface area contributed by atoms with Crippen molar-refractivity contribution >= 4 is 35.2 Å². The standard InChI is InChI=1S/C24H26NOSi.C18H14N.Ir/c1-16(2)13-17-14-21(25-15-23(17)27(3,4)5)20-11-8-10-19-18-9-6-7-12-22(18)26-24(19)20;1-14-13-19-18(16-10-6-3-7-11-16)12-17(14)15-8-4-2-5-9-15;/h6-10,12,14-16H,13H2,1-5H3;2-10,12-13H,1H3;/q2*-1;/i13D2;1D3;. The summed E-state index contributed by atoms with van der Waals surface area (Å²) in [6, 6.07) is 39.1. The second-order valence-electron chi connectivity index (χ2n) is 12.6. The van der Waals surface area contributed by atoms with E-state index in [1.54, 1.807) is 0 Å². The Hall–Kier alpha value is -4.15. The summed E-state index contributed by atoms with van der Waals surface area (Å²) in [6.07, 6.45) is 1.90. The monoisotopic (exact) mass is 814 g/mol. The fourth-order valence-corrected chi connectivity index (χ4v) is 6.92. The molecule has 3 nitrogen and oxygen atoms in total. The van der Waals surface area contributed by atoms with E-state index in [0.29, 0.717) is 17.0 Å². The van der Waals surface area contributed by atoms with Gasteiger partial charge in [-0.05, 0) is 58.5 Å². The third kappa shape index (κ3) is 7.71. The van der Waals surface area contributed by atoms with Gasteiger partial charge in [0.15, 0.2) is 0 Å². The molecule has 1 radical (unpaired) electrons. The molecule has 0 amide bonds. The van der Waals surface area contributed by atoms with E-state index in [1.807, 2.05) is 117 Å². The van der Waals surface area contributed by atoms with E-state index in [2.05, 4.69) is 42.8 Å². The van der Waals surface area contributed by atoms with Crippen LogP contribution in [0.1, 0.15) is 31.8 Å². The third-order valence-corrected chi connectivity index (χ3v) is 9.74. The summed E-state index contributed by atoms with van der Waals surface area (Å²) in [7, 11) is -1.77. The van der Waals surface area contributed by atoms with Crippen LogP contribution in [-0.4, -0.2) is 18.0 Å². The van der Waals surface area contributed by atoms with Crippen LogP contribution in [-0.2, 0) is 26.5 Å². The molecular formula is C42H40IrN2OSi-2. The fourth-order valence-electron chi connectivity index (χ4n) is 5.51. The van der Waals surface area contributed by atoms with E-state index in [-0.39, 0.29) is 31.6 Å². The summed E-state index contributed by atoms with van der Waals surface area (Å²) >= 11 is 0. The molecule has 239 valence electrons. The second kappa shape index (κ2) is 14.7. The Morgan fingerprint density at radius 1 is 0.809 bits per heavy atom. The molecular weight excluding hydrogens is 769 g/mol. The number of benzene rings is 4. The summed E-state index contributed by atoms with van der Waals surface area (Å²) in [4.78, 5) is 9.06. The molecule has 3 aromatic heterocycles. The Morgan fingerprint density at radius 3 is 2.28 bits per heavy atom. The van der Waals surface area contributed by atoms with Crippen LogP contribution in [0.5, 0.6) is 0 Å². The van der Waals surface area contributed by atoms with E-state index in [1.165, 1.54) is 6.20 Å². The van der Waals surface area contributed by atoms with Gasteiger partial charge >= 0.3 is 0 Å². The quantitative estimate of drug-likeness (QED) is 0.124. The number of furan rings is 1. The van der Waals surface area contributed by atoms with Crippen molar-refractivity contribution in [3.8, 4) is 33.6 Å². The Bertz CT molecular complexity index is 2300. The first kappa shape index (κ1) is 27.9. The van der Waals surface area contributed by atoms with Crippen molar-refractivity contribution in [3.63, 3.8) is 0 Å². The van der Waals surface area contributed by atoms with E-state index in [9.17, 15) is 0 Å². The SMILES string of the molecule is [2H]C([2H])([2H])c1cnc(-c2[c-]cccc2)cc1-c1ccccc1.[2H]C([2H])(c1cc(-c2[c-]ccc3c2oc2ccccc23)ncc1[Si](C)(C)C)C(C)C.[Ir]. The normalized spacial score (nSPS) is 13.4. The predicted octanol–water partition coefficient (Wildman–Crippen LogP) is 10.7. The van der Waals surface area contributed by atoms with Gasteiger partial charge in [0.25, 0.3) is 0 Å². The second-order valence-corrected chi connectivity index (χ2v) is 17.7. The van der Waals surface area contributed by atoms with Gasteiger partial charge in [0.1, 0.15) is 5.58 Å². The van der Waals surface area contributed by atoms with Crippen molar-refractivity contribution in [1.82, 2.24) is 9.97 Å². The Labute approximate surface area is 300 Å². The van der Waals surface area contributed by atoms with Crippen LogP contribution >= 0.6 is 0 Å². The van der Waals surface area contributed by atoms with Crippen LogP contribution in [0.4, 0.5) is 0 Å². The molecule has 0 bridgehead atoms. The maximum absolute atomic E-state index is 8.78. The molecule has 0 atom stereocenters. The number of rotatable bonds is 6. The van der Waals surface area contributed by atoms with Crippen molar-refractivity contribution in [2.24, 2.45) is 5.92 Å². The Morgan fingerprint density at radius 2 is 1.55 bits per heavy atom. The van der Waals surface area contributed by atoms with Gasteiger partial charge in [-0.15, -0.1) is 54.1 Å². The molecule has 4 aromatic carbocycles. The third-order valence-electron chi connectivity index (χ3n) is 7.72. The summed E-state index contributed by atoms with van der Waals surface area (Å²) in [6.45, 7) is 8.36. The van der Waals surface area contributed by atoms with Crippen molar-refractivity contribution in [2.45, 2.75) is 46.7 Å². The molecule has 3 heterocycles. The first-order valence-corrected chi connectivity index (χ1v) is 19.0. The average Bonchev–Trinajstić information content (AvgIpc) is 3.50. The minimum absolute atomic E-state index is 0. The molecule has 47 heavy (non-hydrogen) atoms. The first-order chi connectivity index (χ1) is 24.2. The Kier molecular flexibility index (Phi) is 8.75. The molecule has 0 spiro atoms. The maximum Gasteiger partial charge on any atom is 0.120 e. The van der Waals surface area contributed by atoms with Crippen LogP contribution in [0.2, 0.25) is 19.6 Å².